The molecule has 1 aromatic heterocycles. The summed E-state index contributed by atoms with van der Waals surface area (Å²) in [4.78, 5) is 4.75. The Hall–Kier alpha value is -3.71. The van der Waals surface area contributed by atoms with Crippen molar-refractivity contribution in [2.75, 3.05) is 0 Å². The standard InChI is InChI=1S/C27H19N/c1-2-19-18-22(20-8-4-3-5-9-20)13-14-24(19)27-26-15-12-21-10-6-7-11-23(21)25(26)16-17-28-27/h2-18H,1H2. The van der Waals surface area contributed by atoms with Gasteiger partial charge in [0, 0.05) is 17.1 Å². The van der Waals surface area contributed by atoms with Crippen LogP contribution in [0.15, 0.2) is 104 Å². The molecule has 0 aliphatic carbocycles. The number of benzene rings is 4. The lowest BCUT2D eigenvalue weighted by Gasteiger charge is -2.12. The molecule has 132 valence electrons. The van der Waals surface area contributed by atoms with Gasteiger partial charge in [0.15, 0.2) is 0 Å². The Kier molecular flexibility index (Phi) is 3.99. The van der Waals surface area contributed by atoms with Crippen molar-refractivity contribution in [1.29, 1.82) is 0 Å². The Morgan fingerprint density at radius 1 is 0.643 bits per heavy atom. The molecule has 1 heteroatoms. The topological polar surface area (TPSA) is 12.9 Å². The zero-order valence-electron chi connectivity index (χ0n) is 15.5. The van der Waals surface area contributed by atoms with Crippen molar-refractivity contribution < 1.29 is 0 Å². The molecule has 0 fully saturated rings. The van der Waals surface area contributed by atoms with Crippen LogP contribution >= 0.6 is 0 Å². The minimum Gasteiger partial charge on any atom is -0.256 e. The average molecular weight is 357 g/mol. The molecule has 4 aromatic carbocycles. The highest BCUT2D eigenvalue weighted by Gasteiger charge is 2.11. The van der Waals surface area contributed by atoms with Crippen molar-refractivity contribution in [3.05, 3.63) is 109 Å². The summed E-state index contributed by atoms with van der Waals surface area (Å²) in [7, 11) is 0. The van der Waals surface area contributed by atoms with Gasteiger partial charge >= 0.3 is 0 Å². The maximum Gasteiger partial charge on any atom is 0.0786 e. The third-order valence-corrected chi connectivity index (χ3v) is 5.30. The molecule has 0 atom stereocenters. The molecule has 0 saturated heterocycles. The largest absolute Gasteiger partial charge is 0.256 e. The van der Waals surface area contributed by atoms with Gasteiger partial charge in [0.2, 0.25) is 0 Å². The van der Waals surface area contributed by atoms with Gasteiger partial charge in [0.05, 0.1) is 5.69 Å². The van der Waals surface area contributed by atoms with Crippen LogP contribution in [-0.4, -0.2) is 4.98 Å². The van der Waals surface area contributed by atoms with Crippen LogP contribution in [0.2, 0.25) is 0 Å². The third-order valence-electron chi connectivity index (χ3n) is 5.30. The summed E-state index contributed by atoms with van der Waals surface area (Å²) in [6, 6.07) is 31.9. The monoisotopic (exact) mass is 357 g/mol. The molecule has 0 aliphatic rings. The van der Waals surface area contributed by atoms with Crippen molar-refractivity contribution in [2.24, 2.45) is 0 Å². The van der Waals surface area contributed by atoms with Gasteiger partial charge in [0.25, 0.3) is 0 Å². The second-order valence-corrected chi connectivity index (χ2v) is 6.91. The van der Waals surface area contributed by atoms with E-state index in [4.69, 9.17) is 4.98 Å². The summed E-state index contributed by atoms with van der Waals surface area (Å²) in [6.45, 7) is 4.05. The van der Waals surface area contributed by atoms with Gasteiger partial charge in [0.1, 0.15) is 0 Å². The molecule has 0 bridgehead atoms. The van der Waals surface area contributed by atoms with Crippen LogP contribution in [0.25, 0.3) is 50.0 Å². The number of nitrogens with zero attached hydrogens (tertiary/aromatic N) is 1. The number of pyridine rings is 1. The molecule has 5 aromatic rings. The fraction of sp³-hybridized carbons (Fsp3) is 0. The minimum atomic E-state index is 0.998. The fourth-order valence-electron chi connectivity index (χ4n) is 3.91. The maximum atomic E-state index is 4.75. The highest BCUT2D eigenvalue weighted by molar-refractivity contribution is 6.11. The second-order valence-electron chi connectivity index (χ2n) is 6.91. The smallest absolute Gasteiger partial charge is 0.0786 e. The Morgan fingerprint density at radius 3 is 2.32 bits per heavy atom. The normalized spacial score (nSPS) is 11.0. The summed E-state index contributed by atoms with van der Waals surface area (Å²) < 4.78 is 0. The molecule has 28 heavy (non-hydrogen) atoms. The first-order valence-electron chi connectivity index (χ1n) is 9.44. The first-order valence-corrected chi connectivity index (χ1v) is 9.44. The van der Waals surface area contributed by atoms with Gasteiger partial charge < -0.3 is 0 Å². The summed E-state index contributed by atoms with van der Waals surface area (Å²) >= 11 is 0. The lowest BCUT2D eigenvalue weighted by atomic mass is 9.94. The van der Waals surface area contributed by atoms with E-state index in [1.54, 1.807) is 0 Å². The molecule has 0 spiro atoms. The zero-order chi connectivity index (χ0) is 18.9. The maximum absolute atomic E-state index is 4.75. The molecule has 1 nitrogen and oxygen atoms in total. The van der Waals surface area contributed by atoms with Crippen molar-refractivity contribution >= 4 is 27.6 Å². The van der Waals surface area contributed by atoms with E-state index in [9.17, 15) is 0 Å². The minimum absolute atomic E-state index is 0.998. The Morgan fingerprint density at radius 2 is 1.46 bits per heavy atom. The van der Waals surface area contributed by atoms with Crippen LogP contribution in [0.5, 0.6) is 0 Å². The van der Waals surface area contributed by atoms with E-state index in [-0.39, 0.29) is 0 Å². The number of fused-ring (bicyclic) bond motifs is 3. The predicted octanol–water partition coefficient (Wildman–Crippen LogP) is 7.37. The van der Waals surface area contributed by atoms with Crippen molar-refractivity contribution in [2.45, 2.75) is 0 Å². The summed E-state index contributed by atoms with van der Waals surface area (Å²) in [5.74, 6) is 0. The molecule has 0 amide bonds. The van der Waals surface area contributed by atoms with E-state index in [0.29, 0.717) is 0 Å². The average Bonchev–Trinajstić information content (AvgIpc) is 2.78. The van der Waals surface area contributed by atoms with E-state index in [2.05, 4.69) is 91.5 Å². The van der Waals surface area contributed by atoms with Crippen LogP contribution < -0.4 is 0 Å². The SMILES string of the molecule is C=Cc1cc(-c2ccccc2)ccc1-c1nccc2c1ccc1ccccc12. The lowest BCUT2D eigenvalue weighted by Crippen LogP contribution is -1.91. The Labute approximate surface area is 164 Å². The third kappa shape index (κ3) is 2.69. The van der Waals surface area contributed by atoms with Gasteiger partial charge in [-0.1, -0.05) is 91.5 Å². The van der Waals surface area contributed by atoms with Crippen molar-refractivity contribution in [1.82, 2.24) is 4.98 Å². The van der Waals surface area contributed by atoms with E-state index in [0.717, 1.165) is 22.2 Å². The van der Waals surface area contributed by atoms with Crippen molar-refractivity contribution in [3.8, 4) is 22.4 Å². The summed E-state index contributed by atoms with van der Waals surface area (Å²) in [5.41, 5.74) is 5.58. The van der Waals surface area contributed by atoms with Crippen LogP contribution in [-0.2, 0) is 0 Å². The van der Waals surface area contributed by atoms with Crippen LogP contribution in [0.4, 0.5) is 0 Å². The highest BCUT2D eigenvalue weighted by Crippen LogP contribution is 2.35. The van der Waals surface area contributed by atoms with Gasteiger partial charge in [-0.2, -0.15) is 0 Å². The van der Waals surface area contributed by atoms with Crippen molar-refractivity contribution in [3.63, 3.8) is 0 Å². The molecule has 0 radical (unpaired) electrons. The molecule has 5 rings (SSSR count). The molecule has 1 heterocycles. The molecule has 0 aliphatic heterocycles. The molecule has 0 N–H and O–H groups in total. The Bertz CT molecular complexity index is 1320. The van der Waals surface area contributed by atoms with E-state index >= 15 is 0 Å². The first-order chi connectivity index (χ1) is 13.8. The highest BCUT2D eigenvalue weighted by atomic mass is 14.7. The van der Waals surface area contributed by atoms with Crippen LogP contribution in [0, 0.1) is 0 Å². The summed E-state index contributed by atoms with van der Waals surface area (Å²) in [5, 5.41) is 4.89. The molecular weight excluding hydrogens is 338 g/mol. The number of hydrogen-bond acceptors (Lipinski definition) is 1. The second kappa shape index (κ2) is 6.79. The quantitative estimate of drug-likeness (QED) is 0.307. The fourth-order valence-corrected chi connectivity index (χ4v) is 3.91. The van der Waals surface area contributed by atoms with Gasteiger partial charge in [-0.25, -0.2) is 0 Å². The number of hydrogen-bond donors (Lipinski definition) is 0. The van der Waals surface area contributed by atoms with Gasteiger partial charge in [-0.3, -0.25) is 4.98 Å². The number of rotatable bonds is 3. The van der Waals surface area contributed by atoms with E-state index in [1.807, 2.05) is 18.3 Å². The molecular formula is C27H19N. The zero-order valence-corrected chi connectivity index (χ0v) is 15.5. The van der Waals surface area contributed by atoms with Gasteiger partial charge in [-0.05, 0) is 45.0 Å². The van der Waals surface area contributed by atoms with E-state index in [1.165, 1.54) is 27.3 Å². The number of aromatic nitrogens is 1. The molecule has 0 unspecified atom stereocenters. The Balaban J connectivity index is 1.74. The van der Waals surface area contributed by atoms with Gasteiger partial charge in [-0.15, -0.1) is 0 Å². The van der Waals surface area contributed by atoms with Crippen LogP contribution in [0.3, 0.4) is 0 Å². The predicted molar refractivity (Wildman–Crippen MR) is 120 cm³/mol. The lowest BCUT2D eigenvalue weighted by molar-refractivity contribution is 1.36. The molecule has 0 saturated carbocycles. The van der Waals surface area contributed by atoms with E-state index < -0.39 is 0 Å². The van der Waals surface area contributed by atoms with Crippen LogP contribution in [0.1, 0.15) is 5.56 Å². The first kappa shape index (κ1) is 16.5. The summed E-state index contributed by atoms with van der Waals surface area (Å²) in [6.07, 6.45) is 3.82.